The number of pyridine rings is 1. The summed E-state index contributed by atoms with van der Waals surface area (Å²) >= 11 is 0. The fourth-order valence-corrected chi connectivity index (χ4v) is 2.30. The van der Waals surface area contributed by atoms with Gasteiger partial charge < -0.3 is 4.57 Å². The molecule has 0 aliphatic heterocycles. The largest absolute Gasteiger partial charge is 0.332 e. The van der Waals surface area contributed by atoms with E-state index in [2.05, 4.69) is 4.98 Å². The van der Waals surface area contributed by atoms with Crippen molar-refractivity contribution in [2.75, 3.05) is 0 Å². The Morgan fingerprint density at radius 1 is 1.26 bits per heavy atom. The van der Waals surface area contributed by atoms with Gasteiger partial charge in [-0.1, -0.05) is 0 Å². The molecule has 0 amide bonds. The van der Waals surface area contributed by atoms with Crippen LogP contribution in [0.15, 0.2) is 42.8 Å². The number of rotatable bonds is 2. The van der Waals surface area contributed by atoms with E-state index < -0.39 is 0 Å². The van der Waals surface area contributed by atoms with Gasteiger partial charge in [0.2, 0.25) is 0 Å². The van der Waals surface area contributed by atoms with E-state index in [1.807, 2.05) is 29.8 Å². The molecule has 0 fully saturated rings. The molecule has 2 heterocycles. The maximum absolute atomic E-state index is 11.9. The number of hydrogen-bond acceptors (Lipinski definition) is 3. The molecule has 2 aromatic heterocycles. The van der Waals surface area contributed by atoms with Gasteiger partial charge in [0.05, 0.1) is 0 Å². The van der Waals surface area contributed by atoms with E-state index in [4.69, 9.17) is 0 Å². The molecule has 0 atom stereocenters. The first kappa shape index (κ1) is 11.6. The summed E-state index contributed by atoms with van der Waals surface area (Å²) in [6.07, 6.45) is 7.62. The van der Waals surface area contributed by atoms with Crippen LogP contribution in [0.4, 0.5) is 0 Å². The van der Waals surface area contributed by atoms with Crippen LogP contribution >= 0.6 is 0 Å². The Kier molecular flexibility index (Phi) is 2.63. The van der Waals surface area contributed by atoms with Gasteiger partial charge >= 0.3 is 0 Å². The molecule has 19 heavy (non-hydrogen) atoms. The Morgan fingerprint density at radius 3 is 2.89 bits per heavy atom. The normalized spacial score (nSPS) is 15.1. The van der Waals surface area contributed by atoms with Crippen molar-refractivity contribution in [1.29, 1.82) is 0 Å². The van der Waals surface area contributed by atoms with E-state index in [1.54, 1.807) is 6.20 Å². The molecule has 0 N–H and O–H groups in total. The third kappa shape index (κ3) is 1.81. The van der Waals surface area contributed by atoms with Gasteiger partial charge in [-0.3, -0.25) is 9.59 Å². The zero-order valence-electron chi connectivity index (χ0n) is 10.5. The summed E-state index contributed by atoms with van der Waals surface area (Å²) in [5.41, 5.74) is 2.04. The molecule has 2 aromatic rings. The quantitative estimate of drug-likeness (QED) is 0.769. The number of fused-ring (bicyclic) bond motifs is 1. The standard InChI is InChI=1S/C15H12N2O2/c1-2-17-9-13(11-4-3-7-16-15(11)17)12-8-10(18)5-6-14(12)19/h3-9H,2H2,1H3. The number of carbonyl (C=O) groups is 2. The Bertz CT molecular complexity index is 751. The molecule has 0 aromatic carbocycles. The number of carbonyl (C=O) groups excluding carboxylic acids is 2. The molecule has 1 aliphatic carbocycles. The predicted octanol–water partition coefficient (Wildman–Crippen LogP) is 2.15. The van der Waals surface area contributed by atoms with Crippen LogP contribution in [0.1, 0.15) is 12.5 Å². The first-order valence-electron chi connectivity index (χ1n) is 6.13. The third-order valence-electron chi connectivity index (χ3n) is 3.22. The van der Waals surface area contributed by atoms with E-state index in [9.17, 15) is 9.59 Å². The van der Waals surface area contributed by atoms with Crippen molar-refractivity contribution in [2.24, 2.45) is 0 Å². The summed E-state index contributed by atoms with van der Waals surface area (Å²) in [6, 6.07) is 3.75. The Morgan fingerprint density at radius 2 is 2.11 bits per heavy atom. The van der Waals surface area contributed by atoms with Crippen molar-refractivity contribution in [3.8, 4) is 0 Å². The molecule has 1 aliphatic rings. The first-order valence-corrected chi connectivity index (χ1v) is 6.13. The molecular formula is C15H12N2O2. The van der Waals surface area contributed by atoms with Gasteiger partial charge in [0.15, 0.2) is 11.6 Å². The van der Waals surface area contributed by atoms with E-state index in [1.165, 1.54) is 18.2 Å². The Balaban J connectivity index is 2.26. The molecule has 94 valence electrons. The van der Waals surface area contributed by atoms with Crippen molar-refractivity contribution in [1.82, 2.24) is 9.55 Å². The number of hydrogen-bond donors (Lipinski definition) is 0. The lowest BCUT2D eigenvalue weighted by molar-refractivity contribution is -0.113. The lowest BCUT2D eigenvalue weighted by Gasteiger charge is -2.05. The van der Waals surface area contributed by atoms with Gasteiger partial charge in [-0.2, -0.15) is 0 Å². The zero-order valence-corrected chi connectivity index (χ0v) is 10.5. The summed E-state index contributed by atoms with van der Waals surface area (Å²) in [7, 11) is 0. The van der Waals surface area contributed by atoms with E-state index >= 15 is 0 Å². The van der Waals surface area contributed by atoms with Crippen molar-refractivity contribution in [3.63, 3.8) is 0 Å². The fraction of sp³-hybridized carbons (Fsp3) is 0.133. The molecule has 4 heteroatoms. The molecule has 3 rings (SSSR count). The van der Waals surface area contributed by atoms with Crippen LogP contribution in [-0.2, 0) is 16.1 Å². The zero-order chi connectivity index (χ0) is 13.4. The van der Waals surface area contributed by atoms with Gasteiger partial charge in [0.1, 0.15) is 5.65 Å². The lowest BCUT2D eigenvalue weighted by Crippen LogP contribution is -2.06. The van der Waals surface area contributed by atoms with Gasteiger partial charge in [-0.15, -0.1) is 0 Å². The molecule has 0 saturated heterocycles. The lowest BCUT2D eigenvalue weighted by atomic mass is 9.96. The second-order valence-corrected chi connectivity index (χ2v) is 4.36. The SMILES string of the molecule is CCn1cc(C2=CC(=O)C=CC2=O)c2cccnc21. The minimum atomic E-state index is -0.157. The Labute approximate surface area is 110 Å². The molecule has 0 bridgehead atoms. The van der Waals surface area contributed by atoms with Crippen LogP contribution in [-0.4, -0.2) is 21.1 Å². The van der Waals surface area contributed by atoms with Crippen LogP contribution in [0, 0.1) is 0 Å². The molecule has 0 radical (unpaired) electrons. The fourth-order valence-electron chi connectivity index (χ4n) is 2.30. The molecule has 4 nitrogen and oxygen atoms in total. The maximum Gasteiger partial charge on any atom is 0.186 e. The van der Waals surface area contributed by atoms with E-state index in [-0.39, 0.29) is 11.6 Å². The minimum Gasteiger partial charge on any atom is -0.332 e. The summed E-state index contributed by atoms with van der Waals surface area (Å²) in [6.45, 7) is 2.78. The topological polar surface area (TPSA) is 52.0 Å². The van der Waals surface area contributed by atoms with Gasteiger partial charge in [-0.25, -0.2) is 4.98 Å². The van der Waals surface area contributed by atoms with Crippen LogP contribution in [0.5, 0.6) is 0 Å². The van der Waals surface area contributed by atoms with Crippen molar-refractivity contribution >= 4 is 28.2 Å². The first-order chi connectivity index (χ1) is 9.20. The predicted molar refractivity (Wildman–Crippen MR) is 72.5 cm³/mol. The summed E-state index contributed by atoms with van der Waals surface area (Å²) in [5, 5.41) is 0.895. The number of allylic oxidation sites excluding steroid dienone is 4. The molecule has 0 saturated carbocycles. The monoisotopic (exact) mass is 252 g/mol. The second-order valence-electron chi connectivity index (χ2n) is 4.36. The van der Waals surface area contributed by atoms with E-state index in [0.29, 0.717) is 5.57 Å². The smallest absolute Gasteiger partial charge is 0.186 e. The highest BCUT2D eigenvalue weighted by molar-refractivity contribution is 6.35. The third-order valence-corrected chi connectivity index (χ3v) is 3.22. The highest BCUT2D eigenvalue weighted by Gasteiger charge is 2.19. The summed E-state index contributed by atoms with van der Waals surface area (Å²) < 4.78 is 1.97. The highest BCUT2D eigenvalue weighted by Crippen LogP contribution is 2.28. The van der Waals surface area contributed by atoms with Gasteiger partial charge in [-0.05, 0) is 37.3 Å². The summed E-state index contributed by atoms with van der Waals surface area (Å²) in [4.78, 5) is 27.7. The molecule has 0 unspecified atom stereocenters. The summed E-state index contributed by atoms with van der Waals surface area (Å²) in [5.74, 6) is -0.297. The number of aromatic nitrogens is 2. The van der Waals surface area contributed by atoms with Gasteiger partial charge in [0, 0.05) is 35.5 Å². The van der Waals surface area contributed by atoms with Crippen LogP contribution < -0.4 is 0 Å². The number of ketones is 2. The second kappa shape index (κ2) is 4.31. The van der Waals surface area contributed by atoms with Crippen molar-refractivity contribution in [3.05, 3.63) is 48.3 Å². The number of nitrogens with zero attached hydrogens (tertiary/aromatic N) is 2. The van der Waals surface area contributed by atoms with Crippen molar-refractivity contribution in [2.45, 2.75) is 13.5 Å². The average molecular weight is 252 g/mol. The van der Waals surface area contributed by atoms with Crippen molar-refractivity contribution < 1.29 is 9.59 Å². The van der Waals surface area contributed by atoms with Crippen LogP contribution in [0.3, 0.4) is 0 Å². The number of aryl methyl sites for hydroxylation is 1. The molecular weight excluding hydrogens is 240 g/mol. The molecule has 0 spiro atoms. The maximum atomic E-state index is 11.9. The van der Waals surface area contributed by atoms with Crippen LogP contribution in [0.2, 0.25) is 0 Å². The van der Waals surface area contributed by atoms with Gasteiger partial charge in [0.25, 0.3) is 0 Å². The van der Waals surface area contributed by atoms with Crippen LogP contribution in [0.25, 0.3) is 16.6 Å². The van der Waals surface area contributed by atoms with E-state index in [0.717, 1.165) is 23.1 Å². The highest BCUT2D eigenvalue weighted by atomic mass is 16.1. The minimum absolute atomic E-state index is 0.140. The Hall–Kier alpha value is -2.49. The average Bonchev–Trinajstić information content (AvgIpc) is 2.80.